The zero-order valence-electron chi connectivity index (χ0n) is 15.3. The molecule has 0 fully saturated rings. The fraction of sp³-hybridized carbons (Fsp3) is 0.444. The monoisotopic (exact) mass is 343 g/mol. The molecule has 0 unspecified atom stereocenters. The molecule has 0 bridgehead atoms. The molecule has 0 amide bonds. The molecule has 0 aliphatic rings. The number of rotatable bonds is 2. The van der Waals surface area contributed by atoms with E-state index in [0.717, 1.165) is 5.82 Å². The predicted molar refractivity (Wildman–Crippen MR) is 93.1 cm³/mol. The van der Waals surface area contributed by atoms with Crippen molar-refractivity contribution < 1.29 is 9.13 Å². The summed E-state index contributed by atoms with van der Waals surface area (Å²) < 4.78 is 21.7. The van der Waals surface area contributed by atoms with Crippen LogP contribution in [0.2, 0.25) is 0 Å². The Morgan fingerprint density at radius 1 is 1.00 bits per heavy atom. The van der Waals surface area contributed by atoms with E-state index < -0.39 is 11.4 Å². The third-order valence-corrected chi connectivity index (χ3v) is 3.47. The number of aromatic nitrogens is 5. The van der Waals surface area contributed by atoms with Crippen LogP contribution in [0.15, 0.2) is 24.7 Å². The number of pyridine rings is 1. The Balaban J connectivity index is 2.03. The van der Waals surface area contributed by atoms with Gasteiger partial charge in [0.15, 0.2) is 11.5 Å². The van der Waals surface area contributed by atoms with E-state index in [0.29, 0.717) is 16.9 Å². The van der Waals surface area contributed by atoms with Gasteiger partial charge >= 0.3 is 0 Å². The van der Waals surface area contributed by atoms with E-state index in [-0.39, 0.29) is 11.3 Å². The van der Waals surface area contributed by atoms with Gasteiger partial charge in [-0.15, -0.1) is 10.2 Å². The van der Waals surface area contributed by atoms with Gasteiger partial charge in [-0.3, -0.25) is 9.38 Å². The highest BCUT2D eigenvalue weighted by atomic mass is 19.1. The van der Waals surface area contributed by atoms with Crippen molar-refractivity contribution >= 4 is 5.65 Å². The van der Waals surface area contributed by atoms with Crippen LogP contribution in [-0.4, -0.2) is 30.2 Å². The van der Waals surface area contributed by atoms with Gasteiger partial charge in [0.2, 0.25) is 0 Å². The standard InChI is InChI=1S/C18H22FN5O/c1-17(2,3)16-23-22-14-9-20-13(10-24(14)16)11-7-12(19)15(21-8-11)25-18(4,5)6/h7-10H,1-6H3. The summed E-state index contributed by atoms with van der Waals surface area (Å²) in [5.41, 5.74) is 1.11. The molecule has 0 saturated heterocycles. The minimum atomic E-state index is -0.519. The van der Waals surface area contributed by atoms with Gasteiger partial charge in [-0.2, -0.15) is 0 Å². The van der Waals surface area contributed by atoms with Crippen LogP contribution in [0.1, 0.15) is 47.4 Å². The van der Waals surface area contributed by atoms with Gasteiger partial charge in [0, 0.05) is 23.4 Å². The molecule has 3 rings (SSSR count). The van der Waals surface area contributed by atoms with Gasteiger partial charge < -0.3 is 4.74 Å². The van der Waals surface area contributed by atoms with Crippen LogP contribution in [0.5, 0.6) is 5.88 Å². The quantitative estimate of drug-likeness (QED) is 0.708. The molecule has 3 aromatic heterocycles. The SMILES string of the molecule is CC(C)(C)Oc1ncc(-c2cn3c(C(C)(C)C)nnc3cn2)cc1F. The number of fused-ring (bicyclic) bond motifs is 1. The molecule has 0 saturated carbocycles. The first-order chi connectivity index (χ1) is 11.5. The highest BCUT2D eigenvalue weighted by Gasteiger charge is 2.22. The molecule has 0 spiro atoms. The minimum Gasteiger partial charge on any atom is -0.470 e. The Kier molecular flexibility index (Phi) is 3.97. The van der Waals surface area contributed by atoms with Crippen molar-refractivity contribution in [3.8, 4) is 17.1 Å². The molecular weight excluding hydrogens is 321 g/mol. The van der Waals surface area contributed by atoms with E-state index >= 15 is 0 Å². The van der Waals surface area contributed by atoms with E-state index in [9.17, 15) is 4.39 Å². The summed E-state index contributed by atoms with van der Waals surface area (Å²) >= 11 is 0. The van der Waals surface area contributed by atoms with Crippen molar-refractivity contribution in [1.29, 1.82) is 0 Å². The molecule has 0 aliphatic heterocycles. The normalized spacial score (nSPS) is 12.6. The van der Waals surface area contributed by atoms with E-state index in [1.165, 1.54) is 6.07 Å². The summed E-state index contributed by atoms with van der Waals surface area (Å²) in [5.74, 6) is 0.276. The molecule has 0 aliphatic carbocycles. The Bertz CT molecular complexity index is 921. The fourth-order valence-corrected chi connectivity index (χ4v) is 2.39. The van der Waals surface area contributed by atoms with Crippen LogP contribution in [0.3, 0.4) is 0 Å². The molecule has 6 nitrogen and oxygen atoms in total. The van der Waals surface area contributed by atoms with E-state index in [2.05, 4.69) is 40.9 Å². The average Bonchev–Trinajstić information content (AvgIpc) is 2.91. The summed E-state index contributed by atoms with van der Waals surface area (Å²) in [6.07, 6.45) is 4.98. The van der Waals surface area contributed by atoms with E-state index in [1.807, 2.05) is 25.2 Å². The first-order valence-corrected chi connectivity index (χ1v) is 8.11. The largest absolute Gasteiger partial charge is 0.470 e. The average molecular weight is 343 g/mol. The van der Waals surface area contributed by atoms with Gasteiger partial charge in [0.1, 0.15) is 11.4 Å². The number of hydrogen-bond acceptors (Lipinski definition) is 5. The molecule has 25 heavy (non-hydrogen) atoms. The van der Waals surface area contributed by atoms with Gasteiger partial charge in [0.25, 0.3) is 5.88 Å². The van der Waals surface area contributed by atoms with Crippen LogP contribution >= 0.6 is 0 Å². The second kappa shape index (κ2) is 5.75. The Hall–Kier alpha value is -2.57. The molecule has 132 valence electrons. The van der Waals surface area contributed by atoms with Crippen LogP contribution in [0.4, 0.5) is 4.39 Å². The van der Waals surface area contributed by atoms with E-state index in [4.69, 9.17) is 4.74 Å². The lowest BCUT2D eigenvalue weighted by molar-refractivity contribution is 0.117. The lowest BCUT2D eigenvalue weighted by Crippen LogP contribution is -2.24. The number of hydrogen-bond donors (Lipinski definition) is 0. The maximum Gasteiger partial charge on any atom is 0.250 e. The van der Waals surface area contributed by atoms with Crippen molar-refractivity contribution in [1.82, 2.24) is 24.6 Å². The molecule has 0 radical (unpaired) electrons. The van der Waals surface area contributed by atoms with Gasteiger partial charge in [-0.05, 0) is 26.8 Å². The van der Waals surface area contributed by atoms with Crippen molar-refractivity contribution in [2.45, 2.75) is 52.6 Å². The Labute approximate surface area is 146 Å². The lowest BCUT2D eigenvalue weighted by Gasteiger charge is -2.20. The van der Waals surface area contributed by atoms with Crippen LogP contribution < -0.4 is 4.74 Å². The molecule has 0 atom stereocenters. The first kappa shape index (κ1) is 17.3. The summed E-state index contributed by atoms with van der Waals surface area (Å²) in [6.45, 7) is 11.7. The van der Waals surface area contributed by atoms with Crippen molar-refractivity contribution in [2.24, 2.45) is 0 Å². The maximum absolute atomic E-state index is 14.3. The molecule has 3 aromatic rings. The van der Waals surface area contributed by atoms with Crippen LogP contribution in [0.25, 0.3) is 16.9 Å². The molecular formula is C18H22FN5O. The predicted octanol–water partition coefficient (Wildman–Crippen LogP) is 3.80. The summed E-state index contributed by atoms with van der Waals surface area (Å²) in [5, 5.41) is 8.37. The van der Waals surface area contributed by atoms with Crippen LogP contribution in [0, 0.1) is 5.82 Å². The zero-order valence-corrected chi connectivity index (χ0v) is 15.3. The highest BCUT2D eigenvalue weighted by Crippen LogP contribution is 2.26. The lowest BCUT2D eigenvalue weighted by atomic mass is 9.96. The van der Waals surface area contributed by atoms with Crippen molar-refractivity contribution in [3.63, 3.8) is 0 Å². The highest BCUT2D eigenvalue weighted by molar-refractivity contribution is 5.59. The maximum atomic E-state index is 14.3. The van der Waals surface area contributed by atoms with Gasteiger partial charge in [-0.1, -0.05) is 20.8 Å². The molecule has 3 heterocycles. The number of ether oxygens (including phenoxy) is 1. The van der Waals surface area contributed by atoms with Gasteiger partial charge in [-0.25, -0.2) is 9.37 Å². The minimum absolute atomic E-state index is 0.0167. The van der Waals surface area contributed by atoms with Crippen LogP contribution in [-0.2, 0) is 5.41 Å². The zero-order chi connectivity index (χ0) is 18.4. The van der Waals surface area contributed by atoms with Gasteiger partial charge in [0.05, 0.1) is 11.9 Å². The van der Waals surface area contributed by atoms with E-state index in [1.54, 1.807) is 18.6 Å². The molecule has 0 aromatic carbocycles. The number of halogens is 1. The first-order valence-electron chi connectivity index (χ1n) is 8.11. The molecule has 7 heteroatoms. The van der Waals surface area contributed by atoms with Crippen molar-refractivity contribution in [3.05, 3.63) is 36.3 Å². The smallest absolute Gasteiger partial charge is 0.250 e. The third-order valence-electron chi connectivity index (χ3n) is 3.47. The number of nitrogens with zero attached hydrogens (tertiary/aromatic N) is 5. The van der Waals surface area contributed by atoms with Crippen molar-refractivity contribution in [2.75, 3.05) is 0 Å². The second-order valence-corrected chi connectivity index (χ2v) is 8.00. The fourth-order valence-electron chi connectivity index (χ4n) is 2.39. The Morgan fingerprint density at radius 3 is 2.32 bits per heavy atom. The summed E-state index contributed by atoms with van der Waals surface area (Å²) in [4.78, 5) is 8.45. The second-order valence-electron chi connectivity index (χ2n) is 8.00. The topological polar surface area (TPSA) is 65.2 Å². The summed E-state index contributed by atoms with van der Waals surface area (Å²) in [7, 11) is 0. The Morgan fingerprint density at radius 2 is 1.72 bits per heavy atom. The third kappa shape index (κ3) is 3.60. The molecule has 0 N–H and O–H groups in total. The summed E-state index contributed by atoms with van der Waals surface area (Å²) in [6, 6.07) is 1.38.